The molecule has 0 radical (unpaired) electrons. The highest BCUT2D eigenvalue weighted by molar-refractivity contribution is 4.63. The van der Waals surface area contributed by atoms with Crippen LogP contribution in [-0.4, -0.2) is 23.9 Å². The van der Waals surface area contributed by atoms with Gasteiger partial charge >= 0.3 is 0 Å². The zero-order valence-electron chi connectivity index (χ0n) is 7.08. The summed E-state index contributed by atoms with van der Waals surface area (Å²) in [4.78, 5) is 10.1. The first kappa shape index (κ1) is 10.5. The SMILES string of the molecule is CCCC(N=O)NCC(C)O. The van der Waals surface area contributed by atoms with Crippen LogP contribution in [0.25, 0.3) is 0 Å². The highest BCUT2D eigenvalue weighted by Crippen LogP contribution is 1.96. The molecule has 11 heavy (non-hydrogen) atoms. The molecule has 0 rings (SSSR count). The molecular weight excluding hydrogens is 144 g/mol. The molecule has 0 saturated carbocycles. The normalized spacial score (nSPS) is 15.9. The zero-order valence-corrected chi connectivity index (χ0v) is 7.08. The Morgan fingerprint density at radius 2 is 2.27 bits per heavy atom. The van der Waals surface area contributed by atoms with Crippen LogP contribution in [0.1, 0.15) is 26.7 Å². The van der Waals surface area contributed by atoms with Gasteiger partial charge < -0.3 is 5.11 Å². The van der Waals surface area contributed by atoms with E-state index in [9.17, 15) is 4.91 Å². The van der Waals surface area contributed by atoms with Crippen LogP contribution in [0.2, 0.25) is 0 Å². The fourth-order valence-electron chi connectivity index (χ4n) is 0.772. The Balaban J connectivity index is 3.43. The van der Waals surface area contributed by atoms with Crippen molar-refractivity contribution in [3.05, 3.63) is 4.91 Å². The average molecular weight is 160 g/mol. The van der Waals surface area contributed by atoms with Crippen LogP contribution in [0.4, 0.5) is 0 Å². The largest absolute Gasteiger partial charge is 0.392 e. The minimum absolute atomic E-state index is 0.338. The third-order valence-electron chi connectivity index (χ3n) is 1.34. The van der Waals surface area contributed by atoms with Gasteiger partial charge in [0.2, 0.25) is 0 Å². The van der Waals surface area contributed by atoms with E-state index in [1.165, 1.54) is 0 Å². The van der Waals surface area contributed by atoms with E-state index in [1.54, 1.807) is 6.92 Å². The number of aliphatic hydroxyl groups is 1. The number of nitrogens with one attached hydrogen (secondary N) is 1. The number of hydrogen-bond donors (Lipinski definition) is 2. The molecule has 0 aliphatic rings. The van der Waals surface area contributed by atoms with E-state index in [2.05, 4.69) is 10.5 Å². The smallest absolute Gasteiger partial charge is 0.142 e. The van der Waals surface area contributed by atoms with Crippen molar-refractivity contribution in [2.24, 2.45) is 5.18 Å². The Kier molecular flexibility index (Phi) is 5.97. The first-order chi connectivity index (χ1) is 5.20. The minimum Gasteiger partial charge on any atom is -0.392 e. The molecule has 0 saturated heterocycles. The lowest BCUT2D eigenvalue weighted by Crippen LogP contribution is -2.32. The van der Waals surface area contributed by atoms with Crippen molar-refractivity contribution in [1.82, 2.24) is 5.32 Å². The molecule has 0 aliphatic heterocycles. The van der Waals surface area contributed by atoms with Crippen molar-refractivity contribution < 1.29 is 5.11 Å². The van der Waals surface area contributed by atoms with E-state index in [1.807, 2.05) is 6.92 Å². The molecule has 0 amide bonds. The summed E-state index contributed by atoms with van der Waals surface area (Å²) in [5.41, 5.74) is 0. The Bertz CT molecular complexity index is 107. The van der Waals surface area contributed by atoms with Crippen LogP contribution in [0, 0.1) is 4.91 Å². The first-order valence-electron chi connectivity index (χ1n) is 3.94. The molecule has 0 aromatic heterocycles. The lowest BCUT2D eigenvalue weighted by Gasteiger charge is -2.10. The van der Waals surface area contributed by atoms with Gasteiger partial charge in [-0.3, -0.25) is 5.32 Å². The summed E-state index contributed by atoms with van der Waals surface area (Å²) in [7, 11) is 0. The summed E-state index contributed by atoms with van der Waals surface area (Å²) >= 11 is 0. The monoisotopic (exact) mass is 160 g/mol. The van der Waals surface area contributed by atoms with Gasteiger partial charge in [0.25, 0.3) is 0 Å². The summed E-state index contributed by atoms with van der Waals surface area (Å²) < 4.78 is 0. The van der Waals surface area contributed by atoms with Crippen LogP contribution >= 0.6 is 0 Å². The van der Waals surface area contributed by atoms with Gasteiger partial charge in [0, 0.05) is 6.54 Å². The molecule has 4 nitrogen and oxygen atoms in total. The molecule has 0 spiro atoms. The molecule has 2 N–H and O–H groups in total. The van der Waals surface area contributed by atoms with E-state index in [0.717, 1.165) is 12.8 Å². The van der Waals surface area contributed by atoms with Gasteiger partial charge in [-0.15, -0.1) is 4.91 Å². The second kappa shape index (κ2) is 6.24. The van der Waals surface area contributed by atoms with Gasteiger partial charge in [-0.2, -0.15) is 0 Å². The van der Waals surface area contributed by atoms with E-state index in [4.69, 9.17) is 5.11 Å². The van der Waals surface area contributed by atoms with Crippen molar-refractivity contribution in [1.29, 1.82) is 0 Å². The lowest BCUT2D eigenvalue weighted by atomic mass is 10.3. The molecule has 0 aromatic rings. The topological polar surface area (TPSA) is 61.7 Å². The van der Waals surface area contributed by atoms with Crippen molar-refractivity contribution in [3.63, 3.8) is 0 Å². The number of hydrogen-bond acceptors (Lipinski definition) is 4. The lowest BCUT2D eigenvalue weighted by molar-refractivity contribution is 0.185. The predicted molar refractivity (Wildman–Crippen MR) is 44.2 cm³/mol. The Labute approximate surface area is 67.0 Å². The van der Waals surface area contributed by atoms with Gasteiger partial charge in [-0.25, -0.2) is 0 Å². The van der Waals surface area contributed by atoms with E-state index in [-0.39, 0.29) is 6.17 Å². The van der Waals surface area contributed by atoms with Gasteiger partial charge in [0.1, 0.15) is 6.17 Å². The second-order valence-corrected chi connectivity index (χ2v) is 2.67. The Morgan fingerprint density at radius 1 is 1.64 bits per heavy atom. The predicted octanol–water partition coefficient (Wildman–Crippen LogP) is 0.849. The molecule has 2 unspecified atom stereocenters. The first-order valence-corrected chi connectivity index (χ1v) is 3.94. The number of nitrogens with zero attached hydrogens (tertiary/aromatic N) is 1. The molecule has 0 heterocycles. The zero-order chi connectivity index (χ0) is 8.69. The molecular formula is C7H16N2O2. The second-order valence-electron chi connectivity index (χ2n) is 2.67. The van der Waals surface area contributed by atoms with Gasteiger partial charge in [0.15, 0.2) is 0 Å². The highest BCUT2D eigenvalue weighted by Gasteiger charge is 2.06. The summed E-state index contributed by atoms with van der Waals surface area (Å²) in [5, 5.41) is 14.6. The molecule has 4 heteroatoms. The highest BCUT2D eigenvalue weighted by atomic mass is 16.3. The van der Waals surface area contributed by atoms with E-state index in [0.29, 0.717) is 6.54 Å². The fourth-order valence-corrected chi connectivity index (χ4v) is 0.772. The van der Waals surface area contributed by atoms with E-state index >= 15 is 0 Å². The maximum atomic E-state index is 10.1. The summed E-state index contributed by atoms with van der Waals surface area (Å²) in [5.74, 6) is 0. The Morgan fingerprint density at radius 3 is 2.64 bits per heavy atom. The molecule has 2 atom stereocenters. The maximum absolute atomic E-state index is 10.1. The van der Waals surface area contributed by atoms with E-state index < -0.39 is 6.10 Å². The van der Waals surface area contributed by atoms with Crippen molar-refractivity contribution in [3.8, 4) is 0 Å². The third kappa shape index (κ3) is 5.94. The molecule has 0 bridgehead atoms. The number of aliphatic hydroxyl groups excluding tert-OH is 1. The van der Waals surface area contributed by atoms with Gasteiger partial charge in [0.05, 0.1) is 6.10 Å². The van der Waals surface area contributed by atoms with Crippen molar-refractivity contribution in [2.75, 3.05) is 6.54 Å². The molecule has 0 fully saturated rings. The van der Waals surface area contributed by atoms with Crippen molar-refractivity contribution >= 4 is 0 Å². The minimum atomic E-state index is -0.420. The molecule has 0 aliphatic carbocycles. The number of rotatable bonds is 6. The van der Waals surface area contributed by atoms with Crippen LogP contribution in [-0.2, 0) is 0 Å². The van der Waals surface area contributed by atoms with Crippen LogP contribution in [0.3, 0.4) is 0 Å². The summed E-state index contributed by atoms with van der Waals surface area (Å²) in [6, 6.07) is 0. The van der Waals surface area contributed by atoms with Crippen LogP contribution in [0.15, 0.2) is 5.18 Å². The van der Waals surface area contributed by atoms with Crippen LogP contribution < -0.4 is 5.32 Å². The van der Waals surface area contributed by atoms with Gasteiger partial charge in [-0.1, -0.05) is 18.5 Å². The molecule has 0 aromatic carbocycles. The molecule has 66 valence electrons. The maximum Gasteiger partial charge on any atom is 0.142 e. The van der Waals surface area contributed by atoms with Crippen molar-refractivity contribution in [2.45, 2.75) is 39.0 Å². The quantitative estimate of drug-likeness (QED) is 0.566. The third-order valence-corrected chi connectivity index (χ3v) is 1.34. The summed E-state index contributed by atoms with van der Waals surface area (Å²) in [6.45, 7) is 4.08. The van der Waals surface area contributed by atoms with Gasteiger partial charge in [-0.05, 0) is 13.3 Å². The fraction of sp³-hybridized carbons (Fsp3) is 1.00. The summed E-state index contributed by atoms with van der Waals surface area (Å²) in [6.07, 6.45) is 0.894. The average Bonchev–Trinajstić information content (AvgIpc) is 1.97. The standard InChI is InChI=1S/C7H16N2O2/c1-3-4-7(9-11)8-5-6(2)10/h6-8,10H,3-5H2,1-2H3. The Hall–Kier alpha value is -0.480. The number of nitroso groups, excluding NO2 is 1. The van der Waals surface area contributed by atoms with Crippen LogP contribution in [0.5, 0.6) is 0 Å².